The first-order chi connectivity index (χ1) is 8.31. The maximum absolute atomic E-state index is 11.9. The van der Waals surface area contributed by atoms with Crippen LogP contribution < -0.4 is 21.3 Å². The molecule has 0 heterocycles. The summed E-state index contributed by atoms with van der Waals surface area (Å²) in [5, 5.41) is 2.04. The molecule has 0 saturated heterocycles. The van der Waals surface area contributed by atoms with E-state index in [-0.39, 0.29) is 5.69 Å². The van der Waals surface area contributed by atoms with Gasteiger partial charge in [-0.05, 0) is 12.1 Å². The predicted octanol–water partition coefficient (Wildman–Crippen LogP) is 0.514. The first-order valence-corrected chi connectivity index (χ1v) is 4.49. The van der Waals surface area contributed by atoms with E-state index in [4.69, 9.17) is 5.84 Å². The average molecular weight is 263 g/mol. The highest BCUT2D eigenvalue weighted by Gasteiger charge is 2.31. The van der Waals surface area contributed by atoms with Crippen molar-refractivity contribution >= 4 is 17.5 Å². The summed E-state index contributed by atoms with van der Waals surface area (Å²) in [6, 6.07) is 4.46. The first kappa shape index (κ1) is 13.8. The Kier molecular flexibility index (Phi) is 4.10. The molecule has 6 nitrogen and oxygen atoms in total. The number of anilines is 1. The second-order valence-electron chi connectivity index (χ2n) is 3.00. The van der Waals surface area contributed by atoms with Gasteiger partial charge in [0.25, 0.3) is 0 Å². The number of ether oxygens (including phenoxy) is 1. The Bertz CT molecular complexity index is 462. The SMILES string of the molecule is NNC(=O)C(=O)Nc1cccc(OC(F)(F)F)c1. The average Bonchev–Trinajstić information content (AvgIpc) is 2.26. The van der Waals surface area contributed by atoms with Gasteiger partial charge in [-0.15, -0.1) is 13.2 Å². The van der Waals surface area contributed by atoms with Crippen molar-refractivity contribution in [3.05, 3.63) is 24.3 Å². The molecule has 0 fully saturated rings. The fourth-order valence-corrected chi connectivity index (χ4v) is 1.02. The van der Waals surface area contributed by atoms with E-state index in [0.29, 0.717) is 0 Å². The highest BCUT2D eigenvalue weighted by atomic mass is 19.4. The summed E-state index contributed by atoms with van der Waals surface area (Å²) < 4.78 is 39.4. The second-order valence-corrected chi connectivity index (χ2v) is 3.00. The van der Waals surface area contributed by atoms with Crippen LogP contribution in [0.15, 0.2) is 24.3 Å². The molecule has 1 aromatic carbocycles. The predicted molar refractivity (Wildman–Crippen MR) is 54.1 cm³/mol. The van der Waals surface area contributed by atoms with Crippen molar-refractivity contribution in [1.82, 2.24) is 5.43 Å². The van der Waals surface area contributed by atoms with Gasteiger partial charge in [-0.2, -0.15) is 0 Å². The maximum atomic E-state index is 11.9. The molecule has 0 aliphatic rings. The van der Waals surface area contributed by atoms with Crippen LogP contribution >= 0.6 is 0 Å². The van der Waals surface area contributed by atoms with Gasteiger partial charge in [-0.1, -0.05) is 6.07 Å². The van der Waals surface area contributed by atoms with Gasteiger partial charge in [0.2, 0.25) is 0 Å². The molecule has 0 aliphatic carbocycles. The van der Waals surface area contributed by atoms with Gasteiger partial charge < -0.3 is 10.1 Å². The third-order valence-electron chi connectivity index (χ3n) is 1.66. The maximum Gasteiger partial charge on any atom is 0.573 e. The van der Waals surface area contributed by atoms with Crippen LogP contribution in [0.5, 0.6) is 5.75 Å². The van der Waals surface area contributed by atoms with E-state index in [1.54, 1.807) is 5.43 Å². The zero-order valence-electron chi connectivity index (χ0n) is 8.75. The van der Waals surface area contributed by atoms with Crippen LogP contribution in [0.2, 0.25) is 0 Å². The lowest BCUT2D eigenvalue weighted by atomic mass is 10.3. The normalized spacial score (nSPS) is 10.7. The van der Waals surface area contributed by atoms with E-state index in [2.05, 4.69) is 4.74 Å². The Labute approximate surface area is 98.9 Å². The highest BCUT2D eigenvalue weighted by Crippen LogP contribution is 2.24. The number of hydrogen-bond acceptors (Lipinski definition) is 4. The van der Waals surface area contributed by atoms with Gasteiger partial charge in [0.15, 0.2) is 0 Å². The Morgan fingerprint density at radius 1 is 1.22 bits per heavy atom. The standard InChI is InChI=1S/C9H8F3N3O3/c10-9(11,12)18-6-3-1-2-5(4-6)14-7(16)8(17)15-13/h1-4H,13H2,(H,14,16)(H,15,17). The topological polar surface area (TPSA) is 93.5 Å². The lowest BCUT2D eigenvalue weighted by molar-refractivity contribution is -0.274. The highest BCUT2D eigenvalue weighted by molar-refractivity contribution is 6.39. The minimum atomic E-state index is -4.84. The van der Waals surface area contributed by atoms with Crippen LogP contribution in [-0.4, -0.2) is 18.2 Å². The van der Waals surface area contributed by atoms with Gasteiger partial charge in [0, 0.05) is 11.8 Å². The third-order valence-corrected chi connectivity index (χ3v) is 1.66. The number of halogens is 3. The molecule has 0 aliphatic heterocycles. The molecule has 0 bridgehead atoms. The number of hydrazine groups is 1. The number of amides is 2. The monoisotopic (exact) mass is 263 g/mol. The second kappa shape index (κ2) is 5.36. The molecule has 98 valence electrons. The van der Waals surface area contributed by atoms with Crippen molar-refractivity contribution in [2.24, 2.45) is 5.84 Å². The number of nitrogens with two attached hydrogens (primary N) is 1. The van der Waals surface area contributed by atoms with E-state index in [1.807, 2.05) is 5.32 Å². The molecule has 4 N–H and O–H groups in total. The number of benzene rings is 1. The van der Waals surface area contributed by atoms with E-state index in [9.17, 15) is 22.8 Å². The van der Waals surface area contributed by atoms with Crippen molar-refractivity contribution in [2.45, 2.75) is 6.36 Å². The summed E-state index contributed by atoms with van der Waals surface area (Å²) in [6.07, 6.45) is -4.84. The van der Waals surface area contributed by atoms with Gasteiger partial charge in [0.05, 0.1) is 0 Å². The molecule has 0 saturated carbocycles. The van der Waals surface area contributed by atoms with Crippen LogP contribution in [0, 0.1) is 0 Å². The number of nitrogens with one attached hydrogen (secondary N) is 2. The molecule has 18 heavy (non-hydrogen) atoms. The quantitative estimate of drug-likeness (QED) is 0.314. The van der Waals surface area contributed by atoms with Crippen molar-refractivity contribution in [3.63, 3.8) is 0 Å². The minimum Gasteiger partial charge on any atom is -0.406 e. The van der Waals surface area contributed by atoms with Gasteiger partial charge >= 0.3 is 18.2 Å². The van der Waals surface area contributed by atoms with Gasteiger partial charge in [0.1, 0.15) is 5.75 Å². The molecular weight excluding hydrogens is 255 g/mol. The smallest absolute Gasteiger partial charge is 0.406 e. The Hall–Kier alpha value is -2.29. The zero-order valence-corrected chi connectivity index (χ0v) is 8.75. The number of carbonyl (C=O) groups is 2. The van der Waals surface area contributed by atoms with Crippen molar-refractivity contribution in [1.29, 1.82) is 0 Å². The molecule has 1 aromatic rings. The van der Waals surface area contributed by atoms with E-state index < -0.39 is 23.9 Å². The van der Waals surface area contributed by atoms with E-state index in [1.165, 1.54) is 12.1 Å². The molecule has 0 radical (unpaired) electrons. The third kappa shape index (κ3) is 4.29. The fourth-order valence-electron chi connectivity index (χ4n) is 1.02. The lowest BCUT2D eigenvalue weighted by Gasteiger charge is -2.10. The molecular formula is C9H8F3N3O3. The molecule has 9 heteroatoms. The number of carbonyl (C=O) groups excluding carboxylic acids is 2. The van der Waals surface area contributed by atoms with Gasteiger partial charge in [-0.3, -0.25) is 15.0 Å². The largest absolute Gasteiger partial charge is 0.573 e. The number of alkyl halides is 3. The van der Waals surface area contributed by atoms with Crippen molar-refractivity contribution < 1.29 is 27.5 Å². The Morgan fingerprint density at radius 3 is 2.44 bits per heavy atom. The molecule has 1 rings (SSSR count). The number of rotatable bonds is 2. The summed E-state index contributed by atoms with van der Waals surface area (Å²) in [5.41, 5.74) is 1.54. The molecule has 0 atom stereocenters. The van der Waals surface area contributed by atoms with Gasteiger partial charge in [-0.25, -0.2) is 5.84 Å². The van der Waals surface area contributed by atoms with Crippen LogP contribution in [0.1, 0.15) is 0 Å². The summed E-state index contributed by atoms with van der Waals surface area (Å²) in [4.78, 5) is 21.8. The van der Waals surface area contributed by atoms with Crippen molar-refractivity contribution in [3.8, 4) is 5.75 Å². The minimum absolute atomic E-state index is 0.0367. The molecule has 0 aromatic heterocycles. The zero-order chi connectivity index (χ0) is 13.8. The molecule has 0 spiro atoms. The fraction of sp³-hybridized carbons (Fsp3) is 0.111. The van der Waals surface area contributed by atoms with Crippen molar-refractivity contribution in [2.75, 3.05) is 5.32 Å². The van der Waals surface area contributed by atoms with E-state index in [0.717, 1.165) is 12.1 Å². The summed E-state index contributed by atoms with van der Waals surface area (Å²) >= 11 is 0. The summed E-state index contributed by atoms with van der Waals surface area (Å²) in [6.45, 7) is 0. The van der Waals surface area contributed by atoms with E-state index >= 15 is 0 Å². The molecule has 2 amide bonds. The van der Waals surface area contributed by atoms with Crippen LogP contribution in [0.4, 0.5) is 18.9 Å². The van der Waals surface area contributed by atoms with Crippen LogP contribution in [0.25, 0.3) is 0 Å². The number of hydrogen-bond donors (Lipinski definition) is 3. The first-order valence-electron chi connectivity index (χ1n) is 4.49. The summed E-state index contributed by atoms with van der Waals surface area (Å²) in [5.74, 6) is 1.95. The Balaban J connectivity index is 2.77. The summed E-state index contributed by atoms with van der Waals surface area (Å²) in [7, 11) is 0. The van der Waals surface area contributed by atoms with Crippen LogP contribution in [-0.2, 0) is 9.59 Å². The Morgan fingerprint density at radius 2 is 1.89 bits per heavy atom. The van der Waals surface area contributed by atoms with Crippen LogP contribution in [0.3, 0.4) is 0 Å². The lowest BCUT2D eigenvalue weighted by Crippen LogP contribution is -2.39. The molecule has 0 unspecified atom stereocenters.